The van der Waals surface area contributed by atoms with E-state index in [1.165, 1.54) is 10.8 Å². The number of nitrogens with two attached hydrogens (primary N) is 1. The monoisotopic (exact) mass is 220 g/mol. The van der Waals surface area contributed by atoms with Gasteiger partial charge in [0.2, 0.25) is 0 Å². The van der Waals surface area contributed by atoms with Crippen LogP contribution in [0.1, 0.15) is 5.69 Å². The summed E-state index contributed by atoms with van der Waals surface area (Å²) in [7, 11) is 1.70. The van der Waals surface area contributed by atoms with Crippen molar-refractivity contribution in [3.63, 3.8) is 0 Å². The van der Waals surface area contributed by atoms with Gasteiger partial charge in [0.1, 0.15) is 0 Å². The van der Waals surface area contributed by atoms with E-state index in [9.17, 15) is 4.79 Å². The summed E-state index contributed by atoms with van der Waals surface area (Å²) in [5.74, 6) is 5.66. The Morgan fingerprint density at radius 1 is 1.38 bits per heavy atom. The second-order valence-corrected chi connectivity index (χ2v) is 3.36. The first-order valence-electron chi connectivity index (χ1n) is 4.70. The Morgan fingerprint density at radius 3 is 2.69 bits per heavy atom. The zero-order valence-corrected chi connectivity index (χ0v) is 8.79. The zero-order valence-electron chi connectivity index (χ0n) is 8.79. The van der Waals surface area contributed by atoms with Gasteiger partial charge in [-0.25, -0.2) is 15.6 Å². The molecule has 2 heterocycles. The standard InChI is InChI=1S/C9H12N6O/c1-14-2-3-15(9(14)16)6-7-4-12-8(13-10)5-11-7/h2-5H,6,10H2,1H3,(H,12,13). The van der Waals surface area contributed by atoms with E-state index < -0.39 is 0 Å². The Labute approximate surface area is 91.5 Å². The third-order valence-electron chi connectivity index (χ3n) is 2.20. The van der Waals surface area contributed by atoms with Crippen LogP contribution in [-0.4, -0.2) is 19.1 Å². The van der Waals surface area contributed by atoms with Gasteiger partial charge in [-0.05, 0) is 0 Å². The maximum absolute atomic E-state index is 11.5. The third-order valence-corrected chi connectivity index (χ3v) is 2.20. The van der Waals surface area contributed by atoms with Gasteiger partial charge in [0, 0.05) is 19.4 Å². The van der Waals surface area contributed by atoms with Crippen LogP contribution in [-0.2, 0) is 13.6 Å². The molecule has 0 atom stereocenters. The summed E-state index contributed by atoms with van der Waals surface area (Å²) in [5.41, 5.74) is 3.01. The lowest BCUT2D eigenvalue weighted by molar-refractivity contribution is 0.702. The predicted molar refractivity (Wildman–Crippen MR) is 58.6 cm³/mol. The number of hydrogen-bond donors (Lipinski definition) is 2. The lowest BCUT2D eigenvalue weighted by Crippen LogP contribution is -2.22. The Bertz CT molecular complexity index is 526. The first-order valence-corrected chi connectivity index (χ1v) is 4.70. The van der Waals surface area contributed by atoms with Gasteiger partial charge in [-0.15, -0.1) is 0 Å². The molecule has 0 aliphatic rings. The number of nitrogens with zero attached hydrogens (tertiary/aromatic N) is 4. The minimum atomic E-state index is -0.0807. The quantitative estimate of drug-likeness (QED) is 0.528. The zero-order chi connectivity index (χ0) is 11.5. The number of anilines is 1. The van der Waals surface area contributed by atoms with Gasteiger partial charge in [-0.3, -0.25) is 9.55 Å². The number of aromatic nitrogens is 4. The van der Waals surface area contributed by atoms with E-state index in [2.05, 4.69) is 15.4 Å². The van der Waals surface area contributed by atoms with Crippen molar-refractivity contribution in [2.45, 2.75) is 6.54 Å². The molecule has 2 aromatic rings. The molecule has 0 saturated carbocycles. The van der Waals surface area contributed by atoms with Crippen molar-refractivity contribution in [3.8, 4) is 0 Å². The Kier molecular flexibility index (Phi) is 2.69. The van der Waals surface area contributed by atoms with Crippen LogP contribution in [0.4, 0.5) is 5.82 Å². The summed E-state index contributed by atoms with van der Waals surface area (Å²) in [5, 5.41) is 0. The molecule has 0 spiro atoms. The minimum Gasteiger partial charge on any atom is -0.307 e. The Morgan fingerprint density at radius 2 is 2.19 bits per heavy atom. The summed E-state index contributed by atoms with van der Waals surface area (Å²) in [6.45, 7) is 0.400. The lowest BCUT2D eigenvalue weighted by Gasteiger charge is -2.02. The van der Waals surface area contributed by atoms with Crippen molar-refractivity contribution < 1.29 is 0 Å². The van der Waals surface area contributed by atoms with Crippen molar-refractivity contribution in [3.05, 3.63) is 41.0 Å². The molecule has 0 aliphatic heterocycles. The van der Waals surface area contributed by atoms with Crippen LogP contribution in [0.25, 0.3) is 0 Å². The Balaban J connectivity index is 2.21. The molecular formula is C9H12N6O. The predicted octanol–water partition coefficient (Wildman–Crippen LogP) is -0.689. The summed E-state index contributed by atoms with van der Waals surface area (Å²) in [4.78, 5) is 19.7. The van der Waals surface area contributed by atoms with E-state index in [0.29, 0.717) is 18.1 Å². The fraction of sp³-hybridized carbons (Fsp3) is 0.222. The van der Waals surface area contributed by atoms with Gasteiger partial charge >= 0.3 is 5.69 Å². The van der Waals surface area contributed by atoms with E-state index in [4.69, 9.17) is 5.84 Å². The Hall–Kier alpha value is -2.15. The number of nitrogen functional groups attached to an aromatic ring is 1. The lowest BCUT2D eigenvalue weighted by atomic mass is 10.4. The highest BCUT2D eigenvalue weighted by Crippen LogP contribution is 2.00. The van der Waals surface area contributed by atoms with Crippen LogP contribution in [0.5, 0.6) is 0 Å². The first-order chi connectivity index (χ1) is 7.70. The molecular weight excluding hydrogens is 208 g/mol. The molecule has 0 fully saturated rings. The number of rotatable bonds is 3. The molecule has 2 aromatic heterocycles. The third kappa shape index (κ3) is 1.94. The van der Waals surface area contributed by atoms with Crippen molar-refractivity contribution in [2.75, 3.05) is 5.43 Å². The highest BCUT2D eigenvalue weighted by molar-refractivity contribution is 5.28. The molecule has 0 radical (unpaired) electrons. The van der Waals surface area contributed by atoms with Crippen molar-refractivity contribution >= 4 is 5.82 Å². The fourth-order valence-electron chi connectivity index (χ4n) is 1.32. The van der Waals surface area contributed by atoms with Crippen LogP contribution in [0.3, 0.4) is 0 Å². The normalized spacial score (nSPS) is 10.4. The van der Waals surface area contributed by atoms with Gasteiger partial charge in [0.05, 0.1) is 24.6 Å². The number of hydrazine groups is 1. The molecule has 7 nitrogen and oxygen atoms in total. The molecule has 3 N–H and O–H groups in total. The van der Waals surface area contributed by atoms with Crippen LogP contribution >= 0.6 is 0 Å². The second kappa shape index (κ2) is 4.15. The van der Waals surface area contributed by atoms with Crippen molar-refractivity contribution in [1.82, 2.24) is 19.1 Å². The molecule has 16 heavy (non-hydrogen) atoms. The number of aryl methyl sites for hydroxylation is 1. The van der Waals surface area contributed by atoms with E-state index in [1.807, 2.05) is 0 Å². The van der Waals surface area contributed by atoms with Gasteiger partial charge in [0.25, 0.3) is 0 Å². The average Bonchev–Trinajstić information content (AvgIpc) is 2.62. The molecule has 0 saturated heterocycles. The summed E-state index contributed by atoms with van der Waals surface area (Å²) >= 11 is 0. The average molecular weight is 220 g/mol. The molecule has 0 aliphatic carbocycles. The molecule has 2 rings (SSSR count). The first kappa shape index (κ1) is 10.4. The number of hydrogen-bond acceptors (Lipinski definition) is 5. The van der Waals surface area contributed by atoms with Crippen molar-refractivity contribution in [1.29, 1.82) is 0 Å². The molecule has 0 bridgehead atoms. The van der Waals surface area contributed by atoms with Crippen LogP contribution < -0.4 is 17.0 Å². The van der Waals surface area contributed by atoms with Gasteiger partial charge in [0.15, 0.2) is 5.82 Å². The maximum atomic E-state index is 11.5. The van der Waals surface area contributed by atoms with Gasteiger partial charge < -0.3 is 9.99 Å². The van der Waals surface area contributed by atoms with Crippen LogP contribution in [0, 0.1) is 0 Å². The number of imidazole rings is 1. The van der Waals surface area contributed by atoms with Gasteiger partial charge in [-0.1, -0.05) is 0 Å². The molecule has 0 unspecified atom stereocenters. The van der Waals surface area contributed by atoms with E-state index >= 15 is 0 Å². The van der Waals surface area contributed by atoms with Gasteiger partial charge in [-0.2, -0.15) is 0 Å². The van der Waals surface area contributed by atoms with Crippen LogP contribution in [0.15, 0.2) is 29.6 Å². The summed E-state index contributed by atoms with van der Waals surface area (Å²) in [6, 6.07) is 0. The number of nitrogens with one attached hydrogen (secondary N) is 1. The molecule has 7 heteroatoms. The molecule has 0 aromatic carbocycles. The van der Waals surface area contributed by atoms with E-state index in [0.717, 1.165) is 0 Å². The van der Waals surface area contributed by atoms with E-state index in [-0.39, 0.29) is 5.69 Å². The second-order valence-electron chi connectivity index (χ2n) is 3.36. The summed E-state index contributed by atoms with van der Waals surface area (Å²) < 4.78 is 3.06. The summed E-state index contributed by atoms with van der Waals surface area (Å²) in [6.07, 6.45) is 6.50. The van der Waals surface area contributed by atoms with E-state index in [1.54, 1.807) is 30.2 Å². The van der Waals surface area contributed by atoms with Crippen LogP contribution in [0.2, 0.25) is 0 Å². The molecule has 0 amide bonds. The maximum Gasteiger partial charge on any atom is 0.328 e. The SMILES string of the molecule is Cn1ccn(Cc2cnc(NN)cn2)c1=O. The smallest absolute Gasteiger partial charge is 0.307 e. The fourth-order valence-corrected chi connectivity index (χ4v) is 1.32. The minimum absolute atomic E-state index is 0.0807. The highest BCUT2D eigenvalue weighted by Gasteiger charge is 2.02. The largest absolute Gasteiger partial charge is 0.328 e. The molecule has 84 valence electrons. The highest BCUT2D eigenvalue weighted by atomic mass is 16.1. The topological polar surface area (TPSA) is 90.8 Å². The van der Waals surface area contributed by atoms with Crippen molar-refractivity contribution in [2.24, 2.45) is 12.9 Å².